The van der Waals surface area contributed by atoms with Crippen LogP contribution in [0.1, 0.15) is 30.7 Å². The van der Waals surface area contributed by atoms with Crippen LogP contribution in [0.5, 0.6) is 5.75 Å². The third-order valence-electron chi connectivity index (χ3n) is 6.62. The van der Waals surface area contributed by atoms with Gasteiger partial charge in [0, 0.05) is 31.0 Å². The van der Waals surface area contributed by atoms with Crippen molar-refractivity contribution in [1.29, 1.82) is 0 Å². The first-order chi connectivity index (χ1) is 18.8. The van der Waals surface area contributed by atoms with Gasteiger partial charge in [-0.15, -0.1) is 0 Å². The molecular formula is C33H33N3O2. The molecule has 0 saturated carbocycles. The number of aromatic nitrogens is 2. The molecule has 0 aliphatic rings. The number of rotatable bonds is 12. The molecule has 0 unspecified atom stereocenters. The number of para-hydroxylation sites is 2. The Hall–Kier alpha value is -4.38. The second-order valence-electron chi connectivity index (χ2n) is 9.34. The van der Waals surface area contributed by atoms with E-state index in [2.05, 4.69) is 52.3 Å². The van der Waals surface area contributed by atoms with Crippen LogP contribution in [0.2, 0.25) is 0 Å². The summed E-state index contributed by atoms with van der Waals surface area (Å²) in [6.07, 6.45) is 7.02. The highest BCUT2D eigenvalue weighted by Gasteiger charge is 2.10. The number of hydrogen-bond acceptors (Lipinski definition) is 3. The van der Waals surface area contributed by atoms with Gasteiger partial charge in [-0.3, -0.25) is 4.79 Å². The number of carbonyl (C=O) groups excluding carboxylic acids is 1. The van der Waals surface area contributed by atoms with Gasteiger partial charge in [0.15, 0.2) is 0 Å². The largest absolute Gasteiger partial charge is 0.493 e. The van der Waals surface area contributed by atoms with Gasteiger partial charge in [0.25, 0.3) is 0 Å². The molecule has 4 aromatic carbocycles. The first kappa shape index (κ1) is 25.3. The molecule has 1 heterocycles. The highest BCUT2D eigenvalue weighted by Crippen LogP contribution is 2.25. The Morgan fingerprint density at radius 3 is 2.55 bits per heavy atom. The molecule has 5 nitrogen and oxygen atoms in total. The molecule has 0 aliphatic carbocycles. The molecule has 5 heteroatoms. The molecule has 38 heavy (non-hydrogen) atoms. The van der Waals surface area contributed by atoms with Crippen LogP contribution in [0.15, 0.2) is 103 Å². The van der Waals surface area contributed by atoms with E-state index in [9.17, 15) is 4.79 Å². The van der Waals surface area contributed by atoms with Gasteiger partial charge in [-0.05, 0) is 54.5 Å². The van der Waals surface area contributed by atoms with Gasteiger partial charge in [0.05, 0.1) is 17.6 Å². The normalized spacial score (nSPS) is 11.4. The molecule has 0 spiro atoms. The standard InChI is InChI=1S/C33H33N3O2/c37-33(22-21-26-12-2-1-3-13-26)34-23-11-20-32-35-29-17-6-7-18-30(29)36(32)24-8-9-25-38-31-19-10-15-27-14-4-5-16-28(27)31/h1-7,10,12-19,21-22H,8-9,11,20,23-25H2,(H,34,37)/b22-21+. The highest BCUT2D eigenvalue weighted by atomic mass is 16.5. The number of unbranched alkanes of at least 4 members (excludes halogenated alkanes) is 1. The number of ether oxygens (including phenoxy) is 1. The SMILES string of the molecule is O=C(/C=C/c1ccccc1)NCCCc1nc2ccccc2n1CCCCOc1cccc2ccccc12. The van der Waals surface area contributed by atoms with Crippen molar-refractivity contribution >= 4 is 33.8 Å². The Morgan fingerprint density at radius 2 is 1.63 bits per heavy atom. The lowest BCUT2D eigenvalue weighted by Crippen LogP contribution is -2.22. The molecule has 1 amide bonds. The minimum absolute atomic E-state index is 0.0754. The minimum Gasteiger partial charge on any atom is -0.493 e. The molecule has 0 atom stereocenters. The Morgan fingerprint density at radius 1 is 0.842 bits per heavy atom. The lowest BCUT2D eigenvalue weighted by molar-refractivity contribution is -0.116. The average Bonchev–Trinajstić information content (AvgIpc) is 3.32. The van der Waals surface area contributed by atoms with Crippen LogP contribution in [0.4, 0.5) is 0 Å². The molecular weight excluding hydrogens is 470 g/mol. The summed E-state index contributed by atoms with van der Waals surface area (Å²) in [5.74, 6) is 1.93. The van der Waals surface area contributed by atoms with Crippen molar-refractivity contribution in [2.24, 2.45) is 0 Å². The molecule has 0 saturated heterocycles. The minimum atomic E-state index is -0.0754. The van der Waals surface area contributed by atoms with Gasteiger partial charge < -0.3 is 14.6 Å². The fourth-order valence-corrected chi connectivity index (χ4v) is 4.69. The Labute approximate surface area is 223 Å². The van der Waals surface area contributed by atoms with Gasteiger partial charge in [0.2, 0.25) is 5.91 Å². The summed E-state index contributed by atoms with van der Waals surface area (Å²) in [5.41, 5.74) is 3.19. The Balaban J connectivity index is 1.12. The van der Waals surface area contributed by atoms with Gasteiger partial charge in [0.1, 0.15) is 11.6 Å². The third-order valence-corrected chi connectivity index (χ3v) is 6.62. The zero-order valence-corrected chi connectivity index (χ0v) is 21.6. The van der Waals surface area contributed by atoms with Gasteiger partial charge in [-0.25, -0.2) is 4.98 Å². The zero-order valence-electron chi connectivity index (χ0n) is 21.6. The summed E-state index contributed by atoms with van der Waals surface area (Å²) in [6.45, 7) is 2.18. The van der Waals surface area contributed by atoms with Crippen LogP contribution in [0.3, 0.4) is 0 Å². The van der Waals surface area contributed by atoms with Crippen LogP contribution in [0.25, 0.3) is 27.9 Å². The number of fused-ring (bicyclic) bond motifs is 2. The second-order valence-corrected chi connectivity index (χ2v) is 9.34. The summed E-state index contributed by atoms with van der Waals surface area (Å²) in [6, 6.07) is 32.6. The molecule has 0 fully saturated rings. The van der Waals surface area contributed by atoms with E-state index < -0.39 is 0 Å². The van der Waals surface area contributed by atoms with Crippen molar-refractivity contribution in [2.75, 3.05) is 13.2 Å². The van der Waals surface area contributed by atoms with Crippen molar-refractivity contribution in [3.8, 4) is 5.75 Å². The number of hydrogen-bond donors (Lipinski definition) is 1. The van der Waals surface area contributed by atoms with E-state index in [1.165, 1.54) is 5.39 Å². The Kier molecular flexibility index (Phi) is 8.47. The molecule has 5 aromatic rings. The number of nitrogens with zero attached hydrogens (tertiary/aromatic N) is 2. The van der Waals surface area contributed by atoms with Gasteiger partial charge >= 0.3 is 0 Å². The van der Waals surface area contributed by atoms with E-state index >= 15 is 0 Å². The number of carbonyl (C=O) groups is 1. The molecule has 0 bridgehead atoms. The molecule has 1 aromatic heterocycles. The van der Waals surface area contributed by atoms with Crippen molar-refractivity contribution in [1.82, 2.24) is 14.9 Å². The Bertz CT molecular complexity index is 1520. The van der Waals surface area contributed by atoms with Crippen LogP contribution >= 0.6 is 0 Å². The maximum absolute atomic E-state index is 12.2. The van der Waals surface area contributed by atoms with Crippen LogP contribution in [-0.2, 0) is 17.8 Å². The monoisotopic (exact) mass is 503 g/mol. The number of imidazole rings is 1. The fourth-order valence-electron chi connectivity index (χ4n) is 4.69. The summed E-state index contributed by atoms with van der Waals surface area (Å²) < 4.78 is 8.46. The molecule has 1 N–H and O–H groups in total. The summed E-state index contributed by atoms with van der Waals surface area (Å²) in [4.78, 5) is 17.1. The van der Waals surface area contributed by atoms with E-state index in [0.717, 1.165) is 65.8 Å². The first-order valence-corrected chi connectivity index (χ1v) is 13.3. The summed E-state index contributed by atoms with van der Waals surface area (Å²) in [5, 5.41) is 5.34. The predicted octanol–water partition coefficient (Wildman–Crippen LogP) is 6.81. The molecule has 0 aliphatic heterocycles. The van der Waals surface area contributed by atoms with E-state index in [4.69, 9.17) is 9.72 Å². The first-order valence-electron chi connectivity index (χ1n) is 13.3. The predicted molar refractivity (Wildman–Crippen MR) is 155 cm³/mol. The van der Waals surface area contributed by atoms with E-state index in [1.54, 1.807) is 6.08 Å². The lowest BCUT2D eigenvalue weighted by atomic mass is 10.1. The quantitative estimate of drug-likeness (QED) is 0.150. The van der Waals surface area contributed by atoms with Crippen molar-refractivity contribution in [2.45, 2.75) is 32.2 Å². The molecule has 0 radical (unpaired) electrons. The average molecular weight is 504 g/mol. The number of aryl methyl sites for hydroxylation is 2. The molecule has 192 valence electrons. The van der Waals surface area contributed by atoms with E-state index in [0.29, 0.717) is 13.2 Å². The van der Waals surface area contributed by atoms with Crippen molar-refractivity contribution < 1.29 is 9.53 Å². The van der Waals surface area contributed by atoms with Crippen molar-refractivity contribution in [3.63, 3.8) is 0 Å². The zero-order chi connectivity index (χ0) is 26.0. The number of amides is 1. The second kappa shape index (κ2) is 12.7. The van der Waals surface area contributed by atoms with Crippen LogP contribution < -0.4 is 10.1 Å². The maximum atomic E-state index is 12.2. The van der Waals surface area contributed by atoms with Crippen LogP contribution in [-0.4, -0.2) is 28.6 Å². The van der Waals surface area contributed by atoms with Gasteiger partial charge in [-0.1, -0.05) is 78.9 Å². The number of nitrogens with one attached hydrogen (secondary N) is 1. The fraction of sp³-hybridized carbons (Fsp3) is 0.212. The maximum Gasteiger partial charge on any atom is 0.243 e. The third kappa shape index (κ3) is 6.48. The van der Waals surface area contributed by atoms with E-state index in [1.807, 2.05) is 60.7 Å². The van der Waals surface area contributed by atoms with Gasteiger partial charge in [-0.2, -0.15) is 0 Å². The lowest BCUT2D eigenvalue weighted by Gasteiger charge is -2.11. The van der Waals surface area contributed by atoms with Crippen LogP contribution in [0, 0.1) is 0 Å². The topological polar surface area (TPSA) is 56.2 Å². The summed E-state index contributed by atoms with van der Waals surface area (Å²) >= 11 is 0. The number of benzene rings is 4. The van der Waals surface area contributed by atoms with E-state index in [-0.39, 0.29) is 5.91 Å². The van der Waals surface area contributed by atoms with Crippen molar-refractivity contribution in [3.05, 3.63) is 115 Å². The highest BCUT2D eigenvalue weighted by molar-refractivity contribution is 5.91. The summed E-state index contributed by atoms with van der Waals surface area (Å²) in [7, 11) is 0. The molecule has 5 rings (SSSR count). The smallest absolute Gasteiger partial charge is 0.243 e.